The number of piperazine rings is 1. The van der Waals surface area contributed by atoms with Gasteiger partial charge in [-0.05, 0) is 19.1 Å². The topological polar surface area (TPSA) is 69.2 Å². The molecule has 7 nitrogen and oxygen atoms in total. The van der Waals surface area contributed by atoms with Gasteiger partial charge in [-0.2, -0.15) is 0 Å². The van der Waals surface area contributed by atoms with Gasteiger partial charge >= 0.3 is 0 Å². The summed E-state index contributed by atoms with van der Waals surface area (Å²) >= 11 is 0. The smallest absolute Gasteiger partial charge is 0.225 e. The van der Waals surface area contributed by atoms with Crippen LogP contribution in [0.2, 0.25) is 0 Å². The minimum absolute atomic E-state index is 0. The minimum atomic E-state index is -0.366. The van der Waals surface area contributed by atoms with E-state index in [4.69, 9.17) is 9.73 Å². The zero-order valence-electron chi connectivity index (χ0n) is 18.8. The van der Waals surface area contributed by atoms with Crippen molar-refractivity contribution in [1.82, 2.24) is 20.4 Å². The van der Waals surface area contributed by atoms with Crippen LogP contribution in [0.3, 0.4) is 0 Å². The van der Waals surface area contributed by atoms with E-state index in [9.17, 15) is 4.79 Å². The van der Waals surface area contributed by atoms with E-state index in [1.54, 1.807) is 0 Å². The molecule has 2 N–H and O–H groups in total. The van der Waals surface area contributed by atoms with Gasteiger partial charge in [0, 0.05) is 51.2 Å². The summed E-state index contributed by atoms with van der Waals surface area (Å²) in [6.07, 6.45) is 0. The largest absolute Gasteiger partial charge is 0.492 e. The number of benzene rings is 1. The fourth-order valence-corrected chi connectivity index (χ4v) is 3.01. The number of rotatable bonds is 8. The molecule has 2 rings (SSSR count). The average Bonchev–Trinajstić information content (AvgIpc) is 2.71. The highest BCUT2D eigenvalue weighted by Gasteiger charge is 2.21. The summed E-state index contributed by atoms with van der Waals surface area (Å²) in [5.74, 6) is 1.91. The van der Waals surface area contributed by atoms with Crippen molar-refractivity contribution >= 4 is 35.8 Å². The van der Waals surface area contributed by atoms with Crippen molar-refractivity contribution < 1.29 is 9.53 Å². The summed E-state index contributed by atoms with van der Waals surface area (Å²) in [5, 5.41) is 6.32. The lowest BCUT2D eigenvalue weighted by atomic mass is 9.96. The van der Waals surface area contributed by atoms with Crippen molar-refractivity contribution in [1.29, 1.82) is 0 Å². The van der Waals surface area contributed by atoms with Gasteiger partial charge in [0.05, 0.1) is 6.54 Å². The number of carbonyl (C=O) groups excluding carboxylic acids is 1. The molecule has 1 aromatic carbocycles. The Labute approximate surface area is 198 Å². The van der Waals surface area contributed by atoms with Crippen LogP contribution in [0.4, 0.5) is 0 Å². The van der Waals surface area contributed by atoms with Crippen molar-refractivity contribution in [2.75, 3.05) is 59.0 Å². The molecule has 0 radical (unpaired) electrons. The molecule has 1 aliphatic rings. The predicted octanol–water partition coefficient (Wildman–Crippen LogP) is 2.43. The molecule has 0 unspecified atom stereocenters. The first-order chi connectivity index (χ1) is 13.9. The summed E-state index contributed by atoms with van der Waals surface area (Å²) in [4.78, 5) is 21.4. The molecule has 0 atom stereocenters. The van der Waals surface area contributed by atoms with Crippen LogP contribution in [0, 0.1) is 5.41 Å². The van der Waals surface area contributed by atoms with E-state index < -0.39 is 0 Å². The molecule has 0 aliphatic carbocycles. The number of ether oxygens (including phenoxy) is 1. The first-order valence-electron chi connectivity index (χ1n) is 10.6. The molecule has 30 heavy (non-hydrogen) atoms. The van der Waals surface area contributed by atoms with Gasteiger partial charge < -0.3 is 20.3 Å². The minimum Gasteiger partial charge on any atom is -0.492 e. The molecule has 1 fully saturated rings. The van der Waals surface area contributed by atoms with Gasteiger partial charge in [0.15, 0.2) is 5.96 Å². The standard InChI is InChI=1S/C22H37N5O2.HI/c1-5-23-21(25-12-11-24-20(28)22(2,3)4)27-15-13-26(14-16-27)17-18-29-19-9-7-6-8-10-19;/h6-10H,5,11-18H2,1-4H3,(H,23,25)(H,24,28);1H. The van der Waals surface area contributed by atoms with Crippen LogP contribution in [0.25, 0.3) is 0 Å². The quantitative estimate of drug-likeness (QED) is 0.234. The van der Waals surface area contributed by atoms with Gasteiger partial charge in [-0.25, -0.2) is 0 Å². The number of nitrogens with zero attached hydrogens (tertiary/aromatic N) is 3. The fraction of sp³-hybridized carbons (Fsp3) is 0.636. The normalized spacial score (nSPS) is 15.3. The highest BCUT2D eigenvalue weighted by Crippen LogP contribution is 2.12. The van der Waals surface area contributed by atoms with Gasteiger partial charge in [-0.15, -0.1) is 24.0 Å². The molecule has 0 bridgehead atoms. The summed E-state index contributed by atoms with van der Waals surface area (Å²) in [6, 6.07) is 9.95. The van der Waals surface area contributed by atoms with Crippen molar-refractivity contribution in [3.05, 3.63) is 30.3 Å². The second-order valence-electron chi connectivity index (χ2n) is 8.23. The zero-order valence-corrected chi connectivity index (χ0v) is 21.1. The Kier molecular flexibility index (Phi) is 12.1. The summed E-state index contributed by atoms with van der Waals surface area (Å²) in [6.45, 7) is 15.3. The van der Waals surface area contributed by atoms with Crippen LogP contribution < -0.4 is 15.4 Å². The fourth-order valence-electron chi connectivity index (χ4n) is 3.01. The number of amides is 1. The van der Waals surface area contributed by atoms with Gasteiger partial charge in [0.25, 0.3) is 0 Å². The van der Waals surface area contributed by atoms with Crippen LogP contribution in [-0.4, -0.2) is 80.6 Å². The molecule has 1 heterocycles. The van der Waals surface area contributed by atoms with E-state index in [0.717, 1.165) is 51.0 Å². The number of aliphatic imine (C=N–C) groups is 1. The molecule has 1 amide bonds. The van der Waals surface area contributed by atoms with Crippen LogP contribution in [-0.2, 0) is 4.79 Å². The van der Waals surface area contributed by atoms with E-state index in [2.05, 4.69) is 27.4 Å². The number of hydrogen-bond donors (Lipinski definition) is 2. The molecule has 0 saturated carbocycles. The number of hydrogen-bond acceptors (Lipinski definition) is 4. The number of carbonyl (C=O) groups is 1. The van der Waals surface area contributed by atoms with Gasteiger partial charge in [-0.3, -0.25) is 14.7 Å². The molecular weight excluding hydrogens is 493 g/mol. The number of guanidine groups is 1. The average molecular weight is 531 g/mol. The number of nitrogens with one attached hydrogen (secondary N) is 2. The molecule has 1 aliphatic heterocycles. The Morgan fingerprint density at radius 3 is 2.37 bits per heavy atom. The molecule has 0 spiro atoms. The first kappa shape index (κ1) is 26.5. The molecule has 8 heteroatoms. The Bertz CT molecular complexity index is 641. The third-order valence-corrected chi connectivity index (χ3v) is 4.77. The lowest BCUT2D eigenvalue weighted by molar-refractivity contribution is -0.128. The maximum Gasteiger partial charge on any atom is 0.225 e. The van der Waals surface area contributed by atoms with Crippen LogP contribution in [0.5, 0.6) is 5.75 Å². The Morgan fingerprint density at radius 1 is 1.10 bits per heavy atom. The van der Waals surface area contributed by atoms with E-state index in [1.165, 1.54) is 0 Å². The third kappa shape index (κ3) is 9.51. The van der Waals surface area contributed by atoms with Crippen LogP contribution in [0.15, 0.2) is 35.3 Å². The van der Waals surface area contributed by atoms with Crippen molar-refractivity contribution in [2.24, 2.45) is 10.4 Å². The second-order valence-corrected chi connectivity index (χ2v) is 8.23. The zero-order chi connectivity index (χ0) is 21.1. The van der Waals surface area contributed by atoms with Gasteiger partial charge in [0.1, 0.15) is 12.4 Å². The molecule has 170 valence electrons. The Morgan fingerprint density at radius 2 is 1.77 bits per heavy atom. The van der Waals surface area contributed by atoms with E-state index in [-0.39, 0.29) is 35.3 Å². The molecule has 0 aromatic heterocycles. The highest BCUT2D eigenvalue weighted by molar-refractivity contribution is 14.0. The lowest BCUT2D eigenvalue weighted by Gasteiger charge is -2.36. The number of para-hydroxylation sites is 1. The van der Waals surface area contributed by atoms with Gasteiger partial charge in [-0.1, -0.05) is 39.0 Å². The Balaban J connectivity index is 0.00000450. The molecule has 1 saturated heterocycles. The molecule has 1 aromatic rings. The monoisotopic (exact) mass is 531 g/mol. The predicted molar refractivity (Wildman–Crippen MR) is 134 cm³/mol. The Hall–Kier alpha value is -1.55. The molecular formula is C22H38IN5O2. The summed E-state index contributed by atoms with van der Waals surface area (Å²) in [5.41, 5.74) is -0.366. The maximum absolute atomic E-state index is 11.9. The van der Waals surface area contributed by atoms with Crippen molar-refractivity contribution in [3.8, 4) is 5.75 Å². The number of halogens is 1. The van der Waals surface area contributed by atoms with Crippen molar-refractivity contribution in [2.45, 2.75) is 27.7 Å². The first-order valence-corrected chi connectivity index (χ1v) is 10.6. The maximum atomic E-state index is 11.9. The summed E-state index contributed by atoms with van der Waals surface area (Å²) < 4.78 is 5.80. The lowest BCUT2D eigenvalue weighted by Crippen LogP contribution is -2.53. The summed E-state index contributed by atoms with van der Waals surface area (Å²) in [7, 11) is 0. The van der Waals surface area contributed by atoms with Crippen molar-refractivity contribution in [3.63, 3.8) is 0 Å². The highest BCUT2D eigenvalue weighted by atomic mass is 127. The van der Waals surface area contributed by atoms with E-state index in [1.807, 2.05) is 51.1 Å². The van der Waals surface area contributed by atoms with E-state index >= 15 is 0 Å². The van der Waals surface area contributed by atoms with Crippen LogP contribution >= 0.6 is 24.0 Å². The SMILES string of the molecule is CCNC(=NCCNC(=O)C(C)(C)C)N1CCN(CCOc2ccccc2)CC1.I. The van der Waals surface area contributed by atoms with E-state index in [0.29, 0.717) is 19.7 Å². The van der Waals surface area contributed by atoms with Gasteiger partial charge in [0.2, 0.25) is 5.91 Å². The van der Waals surface area contributed by atoms with Crippen LogP contribution in [0.1, 0.15) is 27.7 Å². The third-order valence-electron chi connectivity index (χ3n) is 4.77. The second kappa shape index (κ2) is 13.7.